The standard InChI is InChI=1S/C31H32N2O3/c1-2-6-27-21-26(24-9-11-25(12-10-24)31(32)33)13-18-30(27)35-20-19-34-28-14-16-29(17-15-28)36-22-23-7-4-3-5-8-23/h3-5,7-18,21H,2,6,19-20,22H2,1H3,(H3,32,33). The van der Waals surface area contributed by atoms with Gasteiger partial charge < -0.3 is 19.9 Å². The Morgan fingerprint density at radius 2 is 1.36 bits per heavy atom. The van der Waals surface area contributed by atoms with Crippen molar-refractivity contribution in [1.29, 1.82) is 5.41 Å². The van der Waals surface area contributed by atoms with Gasteiger partial charge in [-0.05, 0) is 65.1 Å². The van der Waals surface area contributed by atoms with E-state index in [2.05, 4.69) is 19.1 Å². The van der Waals surface area contributed by atoms with E-state index in [1.165, 1.54) is 5.56 Å². The maximum absolute atomic E-state index is 7.56. The van der Waals surface area contributed by atoms with Crippen LogP contribution in [0.3, 0.4) is 0 Å². The highest BCUT2D eigenvalue weighted by Crippen LogP contribution is 2.28. The molecule has 0 amide bonds. The quantitative estimate of drug-likeness (QED) is 0.136. The summed E-state index contributed by atoms with van der Waals surface area (Å²) in [6.45, 7) is 3.60. The third kappa shape index (κ3) is 6.89. The van der Waals surface area contributed by atoms with Crippen LogP contribution in [0, 0.1) is 5.41 Å². The van der Waals surface area contributed by atoms with Gasteiger partial charge in [0.2, 0.25) is 0 Å². The van der Waals surface area contributed by atoms with E-state index in [4.69, 9.17) is 25.4 Å². The highest BCUT2D eigenvalue weighted by atomic mass is 16.5. The van der Waals surface area contributed by atoms with Crippen LogP contribution in [0.15, 0.2) is 97.1 Å². The minimum atomic E-state index is 0.0755. The fourth-order valence-corrected chi connectivity index (χ4v) is 3.89. The predicted molar refractivity (Wildman–Crippen MR) is 145 cm³/mol. The molecule has 4 aromatic carbocycles. The molecular weight excluding hydrogens is 448 g/mol. The van der Waals surface area contributed by atoms with E-state index < -0.39 is 0 Å². The topological polar surface area (TPSA) is 77.6 Å². The van der Waals surface area contributed by atoms with Crippen LogP contribution in [0.4, 0.5) is 0 Å². The molecule has 0 aliphatic rings. The van der Waals surface area contributed by atoms with E-state index in [1.54, 1.807) is 0 Å². The molecular formula is C31H32N2O3. The summed E-state index contributed by atoms with van der Waals surface area (Å²) in [5.41, 5.74) is 10.8. The zero-order valence-corrected chi connectivity index (χ0v) is 20.6. The van der Waals surface area contributed by atoms with Crippen LogP contribution in [0.25, 0.3) is 11.1 Å². The second kappa shape index (κ2) is 12.5. The number of rotatable bonds is 12. The van der Waals surface area contributed by atoms with Crippen molar-refractivity contribution in [3.05, 3.63) is 114 Å². The van der Waals surface area contributed by atoms with E-state index >= 15 is 0 Å². The Labute approximate surface area is 213 Å². The number of hydrogen-bond acceptors (Lipinski definition) is 4. The molecule has 4 aromatic rings. The lowest BCUT2D eigenvalue weighted by Crippen LogP contribution is -2.10. The summed E-state index contributed by atoms with van der Waals surface area (Å²) in [7, 11) is 0. The van der Waals surface area contributed by atoms with Crippen LogP contribution in [0.5, 0.6) is 17.2 Å². The molecule has 4 rings (SSSR count). The van der Waals surface area contributed by atoms with Gasteiger partial charge in [0.05, 0.1) is 0 Å². The molecule has 5 heteroatoms. The average molecular weight is 481 g/mol. The number of aryl methyl sites for hydroxylation is 1. The van der Waals surface area contributed by atoms with Crippen LogP contribution in [0.2, 0.25) is 0 Å². The summed E-state index contributed by atoms with van der Waals surface area (Å²) in [5.74, 6) is 2.55. The van der Waals surface area contributed by atoms with Gasteiger partial charge in [0, 0.05) is 5.56 Å². The first-order valence-electron chi connectivity index (χ1n) is 12.2. The lowest BCUT2D eigenvalue weighted by molar-refractivity contribution is 0.215. The maximum atomic E-state index is 7.56. The molecule has 0 heterocycles. The summed E-state index contributed by atoms with van der Waals surface area (Å²) >= 11 is 0. The van der Waals surface area contributed by atoms with Crippen molar-refractivity contribution in [1.82, 2.24) is 0 Å². The molecule has 0 unspecified atom stereocenters. The molecule has 3 N–H and O–H groups in total. The minimum absolute atomic E-state index is 0.0755. The summed E-state index contributed by atoms with van der Waals surface area (Å²) in [5, 5.41) is 7.56. The van der Waals surface area contributed by atoms with E-state index in [9.17, 15) is 0 Å². The zero-order chi connectivity index (χ0) is 25.2. The van der Waals surface area contributed by atoms with Crippen molar-refractivity contribution in [2.45, 2.75) is 26.4 Å². The Balaban J connectivity index is 1.29. The van der Waals surface area contributed by atoms with Crippen LogP contribution in [0.1, 0.15) is 30.0 Å². The second-order valence-electron chi connectivity index (χ2n) is 8.51. The predicted octanol–water partition coefficient (Wildman–Crippen LogP) is 6.63. The monoisotopic (exact) mass is 480 g/mol. The van der Waals surface area contributed by atoms with Crippen LogP contribution < -0.4 is 19.9 Å². The van der Waals surface area contributed by atoms with Gasteiger partial charge in [-0.2, -0.15) is 0 Å². The van der Waals surface area contributed by atoms with E-state index in [-0.39, 0.29) is 5.84 Å². The van der Waals surface area contributed by atoms with Crippen molar-refractivity contribution in [2.75, 3.05) is 13.2 Å². The SMILES string of the molecule is CCCc1cc(-c2ccc(C(=N)N)cc2)ccc1OCCOc1ccc(OCc2ccccc2)cc1. The van der Waals surface area contributed by atoms with Gasteiger partial charge in [0.15, 0.2) is 0 Å². The zero-order valence-electron chi connectivity index (χ0n) is 20.6. The van der Waals surface area contributed by atoms with Crippen LogP contribution in [-0.4, -0.2) is 19.0 Å². The van der Waals surface area contributed by atoms with Crippen molar-refractivity contribution in [3.63, 3.8) is 0 Å². The highest BCUT2D eigenvalue weighted by molar-refractivity contribution is 5.95. The highest BCUT2D eigenvalue weighted by Gasteiger charge is 2.08. The number of benzene rings is 4. The van der Waals surface area contributed by atoms with E-state index in [0.29, 0.717) is 19.8 Å². The molecule has 0 spiro atoms. The Bertz CT molecular complexity index is 1250. The van der Waals surface area contributed by atoms with E-state index in [0.717, 1.165) is 52.3 Å². The van der Waals surface area contributed by atoms with Gasteiger partial charge in [-0.25, -0.2) is 0 Å². The normalized spacial score (nSPS) is 10.6. The Morgan fingerprint density at radius 1 is 0.722 bits per heavy atom. The van der Waals surface area contributed by atoms with E-state index in [1.807, 2.05) is 84.9 Å². The molecule has 0 fully saturated rings. The number of nitrogens with one attached hydrogen (secondary N) is 1. The fourth-order valence-electron chi connectivity index (χ4n) is 3.89. The fraction of sp³-hybridized carbons (Fsp3) is 0.194. The number of hydrogen-bond donors (Lipinski definition) is 2. The molecule has 0 aromatic heterocycles. The number of ether oxygens (including phenoxy) is 3. The molecule has 0 saturated carbocycles. The van der Waals surface area contributed by atoms with Crippen molar-refractivity contribution in [2.24, 2.45) is 5.73 Å². The third-order valence-electron chi connectivity index (χ3n) is 5.79. The van der Waals surface area contributed by atoms with Crippen molar-refractivity contribution >= 4 is 5.84 Å². The first-order valence-corrected chi connectivity index (χ1v) is 12.2. The Kier molecular flexibility index (Phi) is 8.60. The van der Waals surface area contributed by atoms with Crippen LogP contribution in [-0.2, 0) is 13.0 Å². The second-order valence-corrected chi connectivity index (χ2v) is 8.51. The minimum Gasteiger partial charge on any atom is -0.490 e. The summed E-state index contributed by atoms with van der Waals surface area (Å²) in [6, 6.07) is 31.8. The molecule has 0 aliphatic carbocycles. The molecule has 0 aliphatic heterocycles. The lowest BCUT2D eigenvalue weighted by Gasteiger charge is -2.14. The van der Waals surface area contributed by atoms with Gasteiger partial charge in [-0.1, -0.05) is 74.0 Å². The van der Waals surface area contributed by atoms with Gasteiger partial charge in [-0.15, -0.1) is 0 Å². The van der Waals surface area contributed by atoms with Crippen LogP contribution >= 0.6 is 0 Å². The molecule has 0 saturated heterocycles. The van der Waals surface area contributed by atoms with Gasteiger partial charge in [0.25, 0.3) is 0 Å². The largest absolute Gasteiger partial charge is 0.490 e. The molecule has 0 atom stereocenters. The lowest BCUT2D eigenvalue weighted by atomic mass is 9.99. The molecule has 184 valence electrons. The molecule has 36 heavy (non-hydrogen) atoms. The molecule has 5 nitrogen and oxygen atoms in total. The van der Waals surface area contributed by atoms with Crippen molar-refractivity contribution < 1.29 is 14.2 Å². The molecule has 0 bridgehead atoms. The smallest absolute Gasteiger partial charge is 0.122 e. The van der Waals surface area contributed by atoms with Gasteiger partial charge in [-0.3, -0.25) is 5.41 Å². The average Bonchev–Trinajstić information content (AvgIpc) is 2.92. The molecule has 0 radical (unpaired) electrons. The Morgan fingerprint density at radius 3 is 2.03 bits per heavy atom. The number of nitrogens with two attached hydrogens (primary N) is 1. The van der Waals surface area contributed by atoms with Gasteiger partial charge >= 0.3 is 0 Å². The Hall–Kier alpha value is -4.25. The summed E-state index contributed by atoms with van der Waals surface area (Å²) < 4.78 is 17.8. The number of nitrogen functional groups attached to an aromatic ring is 1. The summed E-state index contributed by atoms with van der Waals surface area (Å²) in [4.78, 5) is 0. The maximum Gasteiger partial charge on any atom is 0.122 e. The first kappa shape index (κ1) is 24.9. The van der Waals surface area contributed by atoms with Crippen molar-refractivity contribution in [3.8, 4) is 28.4 Å². The third-order valence-corrected chi connectivity index (χ3v) is 5.79. The summed E-state index contributed by atoms with van der Waals surface area (Å²) in [6.07, 6.45) is 1.96. The first-order chi connectivity index (χ1) is 17.6. The number of amidine groups is 1. The van der Waals surface area contributed by atoms with Gasteiger partial charge in [0.1, 0.15) is 42.9 Å².